The van der Waals surface area contributed by atoms with Crippen molar-refractivity contribution in [1.82, 2.24) is 4.57 Å². The first-order chi connectivity index (χ1) is 15.8. The number of rotatable bonds is 7. The Morgan fingerprint density at radius 3 is 1.85 bits per heavy atom. The molecule has 0 aliphatic rings. The van der Waals surface area contributed by atoms with Crippen molar-refractivity contribution in [3.63, 3.8) is 0 Å². The summed E-state index contributed by atoms with van der Waals surface area (Å²) in [4.78, 5) is 63.3. The lowest BCUT2D eigenvalue weighted by molar-refractivity contribution is -0.137. The Kier molecular flexibility index (Phi) is 5.55. The monoisotopic (exact) mass is 447 g/mol. The van der Waals surface area contributed by atoms with Crippen LogP contribution in [0.2, 0.25) is 0 Å². The molecule has 4 N–H and O–H groups in total. The van der Waals surface area contributed by atoms with Gasteiger partial charge in [-0.2, -0.15) is 0 Å². The minimum atomic E-state index is -0.654. The van der Waals surface area contributed by atoms with Gasteiger partial charge >= 0.3 is 5.97 Å². The van der Waals surface area contributed by atoms with Gasteiger partial charge in [-0.1, -0.05) is 30.8 Å². The molecule has 0 fully saturated rings. The average Bonchev–Trinajstić information content (AvgIpc) is 3.06. The number of esters is 1. The molecule has 33 heavy (non-hydrogen) atoms. The Balaban J connectivity index is 1.82. The lowest BCUT2D eigenvalue weighted by Gasteiger charge is -2.07. The summed E-state index contributed by atoms with van der Waals surface area (Å²) in [5.74, 6) is -0.517. The summed E-state index contributed by atoms with van der Waals surface area (Å²) in [7, 11) is 0. The maximum atomic E-state index is 13.1. The largest absolute Gasteiger partial charge is 0.463 e. The smallest absolute Gasteiger partial charge is 0.330 e. The van der Waals surface area contributed by atoms with Gasteiger partial charge in [-0.15, -0.1) is 0 Å². The predicted octanol–water partition coefficient (Wildman–Crippen LogP) is 1.33. The van der Waals surface area contributed by atoms with E-state index in [1.54, 1.807) is 12.1 Å². The number of nitrogens with two attached hydrogens (primary N) is 2. The minimum absolute atomic E-state index is 0.0907. The molecule has 4 rings (SSSR count). The number of nitrogen functional groups attached to an aromatic ring is 2. The fraction of sp³-hybridized carbons (Fsp3) is 0.208. The summed E-state index contributed by atoms with van der Waals surface area (Å²) in [6.07, 6.45) is 2.66. The number of unbranched alkanes of at least 4 members (excludes halogenated alkanes) is 2. The number of hydrogen-bond acceptors (Lipinski definition) is 8. The van der Waals surface area contributed by atoms with Crippen LogP contribution < -0.4 is 33.4 Å². The van der Waals surface area contributed by atoms with Gasteiger partial charge < -0.3 is 16.2 Å². The number of ether oxygens (including phenoxy) is 1. The third kappa shape index (κ3) is 3.38. The third-order valence-electron chi connectivity index (χ3n) is 5.80. The first-order valence-corrected chi connectivity index (χ1v) is 10.4. The van der Waals surface area contributed by atoms with E-state index in [0.29, 0.717) is 19.3 Å². The summed E-state index contributed by atoms with van der Waals surface area (Å²) in [5.41, 5.74) is 9.65. The van der Waals surface area contributed by atoms with Crippen molar-refractivity contribution in [2.24, 2.45) is 0 Å². The molecule has 0 saturated carbocycles. The Morgan fingerprint density at radius 2 is 1.36 bits per heavy atom. The molecule has 0 radical (unpaired) electrons. The van der Waals surface area contributed by atoms with E-state index in [1.807, 2.05) is 0 Å². The molecule has 0 bridgehead atoms. The van der Waals surface area contributed by atoms with E-state index >= 15 is 0 Å². The molecule has 0 aliphatic heterocycles. The number of nitrogens with zero attached hydrogens (tertiary/aromatic N) is 1. The summed E-state index contributed by atoms with van der Waals surface area (Å²) in [6.45, 7) is 3.60. The number of carbonyl (C=O) groups is 1. The second-order valence-electron chi connectivity index (χ2n) is 7.73. The number of hydrogen-bond donors (Lipinski definition) is 2. The van der Waals surface area contributed by atoms with E-state index < -0.39 is 27.9 Å². The van der Waals surface area contributed by atoms with Crippen molar-refractivity contribution in [2.75, 3.05) is 18.1 Å². The number of aromatic nitrogens is 1. The Labute approximate surface area is 186 Å². The molecule has 0 unspecified atom stereocenters. The van der Waals surface area contributed by atoms with Gasteiger partial charge in [0, 0.05) is 23.4 Å². The SMILES string of the molecule is C=CC(=O)OCCCCCn1c(=O)c2c(N)c3c(=O)c4ccccc4c(=O)c3c(N)c2c1=O. The highest BCUT2D eigenvalue weighted by atomic mass is 16.5. The third-order valence-corrected chi connectivity index (χ3v) is 5.80. The van der Waals surface area contributed by atoms with Crippen molar-refractivity contribution in [2.45, 2.75) is 25.8 Å². The summed E-state index contributed by atoms with van der Waals surface area (Å²) >= 11 is 0. The second kappa shape index (κ2) is 8.34. The van der Waals surface area contributed by atoms with Crippen LogP contribution in [0, 0.1) is 0 Å². The predicted molar refractivity (Wildman–Crippen MR) is 128 cm³/mol. The summed E-state index contributed by atoms with van der Waals surface area (Å²) in [5, 5.41) is -0.212. The standard InChI is InChI=1S/C24H21N3O6/c1-2-14(28)33-11-7-3-6-10-27-23(31)17-18(24(27)32)20(26)16-15(19(17)25)21(29)12-8-4-5-9-13(12)22(16)30/h2,4-5,8-9H,1,3,6-7,10-11,25-26H2. The van der Waals surface area contributed by atoms with Crippen LogP contribution in [-0.2, 0) is 16.1 Å². The molecular formula is C24H21N3O6. The van der Waals surface area contributed by atoms with Crippen molar-refractivity contribution in [3.05, 3.63) is 78.1 Å². The van der Waals surface area contributed by atoms with Crippen LogP contribution in [0.15, 0.2) is 56.1 Å². The number of carbonyl (C=O) groups excluding carboxylic acids is 1. The van der Waals surface area contributed by atoms with E-state index in [0.717, 1.165) is 10.6 Å². The van der Waals surface area contributed by atoms with Gasteiger partial charge in [-0.25, -0.2) is 4.79 Å². The molecule has 168 valence electrons. The van der Waals surface area contributed by atoms with Crippen LogP contribution in [0.4, 0.5) is 11.4 Å². The molecule has 0 aliphatic carbocycles. The zero-order valence-electron chi connectivity index (χ0n) is 17.7. The lowest BCUT2D eigenvalue weighted by atomic mass is 9.97. The zero-order chi connectivity index (χ0) is 23.9. The van der Waals surface area contributed by atoms with E-state index in [2.05, 4.69) is 6.58 Å². The van der Waals surface area contributed by atoms with Gasteiger partial charge in [0.1, 0.15) is 0 Å². The van der Waals surface area contributed by atoms with Crippen molar-refractivity contribution < 1.29 is 9.53 Å². The molecule has 9 nitrogen and oxygen atoms in total. The van der Waals surface area contributed by atoms with Crippen LogP contribution in [0.25, 0.3) is 32.3 Å². The van der Waals surface area contributed by atoms with Crippen LogP contribution in [-0.4, -0.2) is 17.1 Å². The van der Waals surface area contributed by atoms with E-state index in [-0.39, 0.29) is 56.8 Å². The van der Waals surface area contributed by atoms with Gasteiger partial charge in [-0.05, 0) is 19.3 Å². The van der Waals surface area contributed by atoms with Crippen molar-refractivity contribution in [1.29, 1.82) is 0 Å². The van der Waals surface area contributed by atoms with E-state index in [4.69, 9.17) is 16.2 Å². The number of fused-ring (bicyclic) bond motifs is 3. The maximum absolute atomic E-state index is 13.1. The van der Waals surface area contributed by atoms with Gasteiger partial charge in [0.2, 0.25) is 0 Å². The second-order valence-corrected chi connectivity index (χ2v) is 7.73. The quantitative estimate of drug-likeness (QED) is 0.107. The van der Waals surface area contributed by atoms with Crippen LogP contribution in [0.5, 0.6) is 0 Å². The molecule has 0 saturated heterocycles. The van der Waals surface area contributed by atoms with Gasteiger partial charge in [0.25, 0.3) is 11.1 Å². The molecule has 1 aromatic heterocycles. The Bertz CT molecular complexity index is 1550. The van der Waals surface area contributed by atoms with Gasteiger partial charge in [-0.3, -0.25) is 23.7 Å². The minimum Gasteiger partial charge on any atom is -0.463 e. The van der Waals surface area contributed by atoms with Crippen LogP contribution >= 0.6 is 0 Å². The summed E-state index contributed by atoms with van der Waals surface area (Å²) < 4.78 is 5.90. The van der Waals surface area contributed by atoms with E-state index in [1.165, 1.54) is 12.1 Å². The highest BCUT2D eigenvalue weighted by Crippen LogP contribution is 2.31. The zero-order valence-corrected chi connectivity index (χ0v) is 17.7. The molecule has 0 atom stereocenters. The molecule has 0 spiro atoms. The molecular weight excluding hydrogens is 426 g/mol. The highest BCUT2D eigenvalue weighted by Gasteiger charge is 2.25. The van der Waals surface area contributed by atoms with E-state index in [9.17, 15) is 24.0 Å². The molecule has 9 heteroatoms. The molecule has 0 amide bonds. The number of benzene rings is 3. The van der Waals surface area contributed by atoms with Crippen LogP contribution in [0.3, 0.4) is 0 Å². The molecule has 3 aromatic carbocycles. The molecule has 1 heterocycles. The first-order valence-electron chi connectivity index (χ1n) is 10.4. The normalized spacial score (nSPS) is 11.4. The Morgan fingerprint density at radius 1 is 0.848 bits per heavy atom. The van der Waals surface area contributed by atoms with Gasteiger partial charge in [0.05, 0.1) is 39.5 Å². The first kappa shape index (κ1) is 21.9. The topological polar surface area (TPSA) is 152 Å². The highest BCUT2D eigenvalue weighted by molar-refractivity contribution is 6.20. The molecule has 4 aromatic rings. The fourth-order valence-corrected chi connectivity index (χ4v) is 4.20. The maximum Gasteiger partial charge on any atom is 0.330 e. The number of anilines is 2. The summed E-state index contributed by atoms with van der Waals surface area (Å²) in [6, 6.07) is 6.26. The van der Waals surface area contributed by atoms with Gasteiger partial charge in [0.15, 0.2) is 10.9 Å². The Hall–Kier alpha value is -4.27. The van der Waals surface area contributed by atoms with Crippen molar-refractivity contribution >= 4 is 49.7 Å². The lowest BCUT2D eigenvalue weighted by Crippen LogP contribution is -2.25. The van der Waals surface area contributed by atoms with Crippen molar-refractivity contribution in [3.8, 4) is 0 Å². The average molecular weight is 447 g/mol. The van der Waals surface area contributed by atoms with Crippen LogP contribution in [0.1, 0.15) is 19.3 Å². The fourth-order valence-electron chi connectivity index (χ4n) is 4.20.